The van der Waals surface area contributed by atoms with E-state index in [0.29, 0.717) is 16.9 Å². The Hall–Kier alpha value is -2.42. The van der Waals surface area contributed by atoms with E-state index in [-0.39, 0.29) is 5.78 Å². The highest BCUT2D eigenvalue weighted by molar-refractivity contribution is 5.96. The fourth-order valence-electron chi connectivity index (χ4n) is 1.80. The highest BCUT2D eigenvalue weighted by atomic mass is 16.5. The largest absolute Gasteiger partial charge is 0.423 e. The van der Waals surface area contributed by atoms with Crippen molar-refractivity contribution in [2.75, 3.05) is 0 Å². The lowest BCUT2D eigenvalue weighted by atomic mass is 10.1. The Morgan fingerprint density at radius 3 is 1.95 bits per heavy atom. The van der Waals surface area contributed by atoms with Gasteiger partial charge in [0, 0.05) is 5.56 Å². The Labute approximate surface area is 118 Å². The molecule has 3 heteroatoms. The highest BCUT2D eigenvalue weighted by Crippen LogP contribution is 2.15. The van der Waals surface area contributed by atoms with Gasteiger partial charge in [-0.1, -0.05) is 31.2 Å². The Balaban J connectivity index is 2.08. The molecular formula is C17H16O3. The minimum absolute atomic E-state index is 0.0277. The third-order valence-corrected chi connectivity index (χ3v) is 3.07. The quantitative estimate of drug-likeness (QED) is 0.482. The summed E-state index contributed by atoms with van der Waals surface area (Å²) in [7, 11) is 0. The van der Waals surface area contributed by atoms with E-state index in [4.69, 9.17) is 4.74 Å². The number of hydrogen-bond acceptors (Lipinski definition) is 3. The molecule has 3 nitrogen and oxygen atoms in total. The van der Waals surface area contributed by atoms with E-state index in [9.17, 15) is 9.59 Å². The topological polar surface area (TPSA) is 43.4 Å². The zero-order valence-corrected chi connectivity index (χ0v) is 11.6. The van der Waals surface area contributed by atoms with E-state index in [1.807, 2.05) is 12.1 Å². The average Bonchev–Trinajstić information content (AvgIpc) is 2.48. The van der Waals surface area contributed by atoms with Crippen LogP contribution < -0.4 is 4.74 Å². The zero-order chi connectivity index (χ0) is 14.5. The maximum absolute atomic E-state index is 11.9. The van der Waals surface area contributed by atoms with Gasteiger partial charge in [-0.3, -0.25) is 4.79 Å². The number of esters is 1. The van der Waals surface area contributed by atoms with Crippen molar-refractivity contribution in [2.45, 2.75) is 20.3 Å². The summed E-state index contributed by atoms with van der Waals surface area (Å²) in [6, 6.07) is 13.9. The molecule has 0 bridgehead atoms. The van der Waals surface area contributed by atoms with Crippen LogP contribution >= 0.6 is 0 Å². The number of aryl methyl sites for hydroxylation is 1. The number of hydrogen-bond donors (Lipinski definition) is 0. The molecule has 2 rings (SSSR count). The summed E-state index contributed by atoms with van der Waals surface area (Å²) >= 11 is 0. The number of ketones is 1. The van der Waals surface area contributed by atoms with Crippen LogP contribution in [-0.2, 0) is 6.42 Å². The molecule has 0 spiro atoms. The van der Waals surface area contributed by atoms with Crippen molar-refractivity contribution in [3.63, 3.8) is 0 Å². The highest BCUT2D eigenvalue weighted by Gasteiger charge is 2.09. The Bertz CT molecular complexity index is 610. The molecule has 0 aliphatic heterocycles. The third-order valence-electron chi connectivity index (χ3n) is 3.07. The van der Waals surface area contributed by atoms with Crippen molar-refractivity contribution in [2.24, 2.45) is 0 Å². The van der Waals surface area contributed by atoms with Crippen molar-refractivity contribution >= 4 is 11.8 Å². The van der Waals surface area contributed by atoms with Crippen LogP contribution in [0.5, 0.6) is 5.75 Å². The van der Waals surface area contributed by atoms with E-state index in [0.717, 1.165) is 6.42 Å². The van der Waals surface area contributed by atoms with E-state index in [2.05, 4.69) is 6.92 Å². The number of carbonyl (C=O) groups excluding carboxylic acids is 2. The molecule has 2 aromatic carbocycles. The predicted molar refractivity (Wildman–Crippen MR) is 77.2 cm³/mol. The second-order valence-electron chi connectivity index (χ2n) is 4.52. The van der Waals surface area contributed by atoms with Gasteiger partial charge in [0.2, 0.25) is 0 Å². The van der Waals surface area contributed by atoms with E-state index in [1.165, 1.54) is 12.5 Å². The molecule has 0 saturated heterocycles. The molecule has 0 fully saturated rings. The summed E-state index contributed by atoms with van der Waals surface area (Å²) in [5.41, 5.74) is 2.19. The third kappa shape index (κ3) is 3.32. The summed E-state index contributed by atoms with van der Waals surface area (Å²) in [5, 5.41) is 0. The van der Waals surface area contributed by atoms with Gasteiger partial charge in [0.15, 0.2) is 5.78 Å². The summed E-state index contributed by atoms with van der Waals surface area (Å²) in [6.07, 6.45) is 0.945. The van der Waals surface area contributed by atoms with Crippen molar-refractivity contribution in [3.8, 4) is 5.75 Å². The minimum atomic E-state index is -0.427. The van der Waals surface area contributed by atoms with Crippen LogP contribution in [0.15, 0.2) is 48.5 Å². The fourth-order valence-corrected chi connectivity index (χ4v) is 1.80. The monoisotopic (exact) mass is 268 g/mol. The van der Waals surface area contributed by atoms with Crippen LogP contribution in [0.1, 0.15) is 40.1 Å². The maximum atomic E-state index is 11.9. The molecule has 102 valence electrons. The molecule has 0 heterocycles. The second kappa shape index (κ2) is 6.15. The number of Topliss-reactive ketones (excluding diaryl/α,β-unsaturated/α-hetero) is 1. The Kier molecular flexibility index (Phi) is 4.31. The van der Waals surface area contributed by atoms with Crippen LogP contribution in [0.4, 0.5) is 0 Å². The van der Waals surface area contributed by atoms with Crippen LogP contribution in [-0.4, -0.2) is 11.8 Å². The van der Waals surface area contributed by atoms with Crippen LogP contribution in [0.3, 0.4) is 0 Å². The van der Waals surface area contributed by atoms with Crippen LogP contribution in [0.25, 0.3) is 0 Å². The molecule has 0 radical (unpaired) electrons. The van der Waals surface area contributed by atoms with Gasteiger partial charge < -0.3 is 4.74 Å². The molecule has 20 heavy (non-hydrogen) atoms. The standard InChI is InChI=1S/C17H16O3/c1-3-13-4-10-16(11-5-13)20-17(19)15-8-6-14(7-9-15)12(2)18/h4-11H,3H2,1-2H3. The van der Waals surface area contributed by atoms with Crippen LogP contribution in [0.2, 0.25) is 0 Å². The van der Waals surface area contributed by atoms with Crippen LogP contribution in [0, 0.1) is 0 Å². The summed E-state index contributed by atoms with van der Waals surface area (Å²) in [6.45, 7) is 3.56. The molecule has 0 N–H and O–H groups in total. The first-order chi connectivity index (χ1) is 9.60. The van der Waals surface area contributed by atoms with Gasteiger partial charge in [0.25, 0.3) is 0 Å². The van der Waals surface area contributed by atoms with Gasteiger partial charge in [-0.25, -0.2) is 4.79 Å². The zero-order valence-electron chi connectivity index (χ0n) is 11.6. The van der Waals surface area contributed by atoms with Gasteiger partial charge in [0.05, 0.1) is 5.56 Å². The Morgan fingerprint density at radius 2 is 1.45 bits per heavy atom. The number of rotatable bonds is 4. The molecule has 0 aromatic heterocycles. The normalized spacial score (nSPS) is 10.1. The van der Waals surface area contributed by atoms with E-state index in [1.54, 1.807) is 36.4 Å². The SMILES string of the molecule is CCc1ccc(OC(=O)c2ccc(C(C)=O)cc2)cc1. The molecule has 0 aliphatic rings. The van der Waals surface area contributed by atoms with E-state index < -0.39 is 5.97 Å². The van der Waals surface area contributed by atoms with Gasteiger partial charge in [-0.15, -0.1) is 0 Å². The first kappa shape index (κ1) is 14.0. The molecular weight excluding hydrogens is 252 g/mol. The molecule has 2 aromatic rings. The average molecular weight is 268 g/mol. The van der Waals surface area contributed by atoms with Gasteiger partial charge >= 0.3 is 5.97 Å². The number of ether oxygens (including phenoxy) is 1. The fraction of sp³-hybridized carbons (Fsp3) is 0.176. The Morgan fingerprint density at radius 1 is 0.900 bits per heavy atom. The first-order valence-electron chi connectivity index (χ1n) is 6.52. The smallest absolute Gasteiger partial charge is 0.343 e. The van der Waals surface area contributed by atoms with Gasteiger partial charge in [-0.05, 0) is 43.2 Å². The van der Waals surface area contributed by atoms with E-state index >= 15 is 0 Å². The van der Waals surface area contributed by atoms with Crippen molar-refractivity contribution in [1.29, 1.82) is 0 Å². The molecule has 0 amide bonds. The lowest BCUT2D eigenvalue weighted by molar-refractivity contribution is 0.0734. The maximum Gasteiger partial charge on any atom is 0.343 e. The lowest BCUT2D eigenvalue weighted by Gasteiger charge is -2.05. The number of benzene rings is 2. The van der Waals surface area contributed by atoms with Gasteiger partial charge in [-0.2, -0.15) is 0 Å². The summed E-state index contributed by atoms with van der Waals surface area (Å²) in [5.74, 6) is 0.0623. The van der Waals surface area contributed by atoms with Crippen molar-refractivity contribution in [1.82, 2.24) is 0 Å². The molecule has 0 aliphatic carbocycles. The molecule has 0 unspecified atom stereocenters. The summed E-state index contributed by atoms with van der Waals surface area (Å²) in [4.78, 5) is 23.1. The van der Waals surface area contributed by atoms with Crippen molar-refractivity contribution in [3.05, 3.63) is 65.2 Å². The summed E-state index contributed by atoms with van der Waals surface area (Å²) < 4.78 is 5.28. The minimum Gasteiger partial charge on any atom is -0.423 e. The lowest BCUT2D eigenvalue weighted by Crippen LogP contribution is -2.08. The first-order valence-corrected chi connectivity index (χ1v) is 6.52. The second-order valence-corrected chi connectivity index (χ2v) is 4.52. The number of carbonyl (C=O) groups is 2. The van der Waals surface area contributed by atoms with Gasteiger partial charge in [0.1, 0.15) is 5.75 Å². The van der Waals surface area contributed by atoms with Crippen molar-refractivity contribution < 1.29 is 14.3 Å². The molecule has 0 saturated carbocycles. The molecule has 0 atom stereocenters. The predicted octanol–water partition coefficient (Wildman–Crippen LogP) is 3.67.